The molecule has 0 aliphatic carbocycles. The molecule has 0 heterocycles. The van der Waals surface area contributed by atoms with E-state index in [-0.39, 0.29) is 12.5 Å². The molecule has 0 bridgehead atoms. The van der Waals surface area contributed by atoms with Crippen molar-refractivity contribution in [2.45, 2.75) is 72.4 Å². The third kappa shape index (κ3) is 13.0. The van der Waals surface area contributed by atoms with E-state index in [9.17, 15) is 9.90 Å². The van der Waals surface area contributed by atoms with E-state index in [0.717, 1.165) is 12.8 Å². The molecule has 5 nitrogen and oxygen atoms in total. The van der Waals surface area contributed by atoms with Crippen molar-refractivity contribution in [3.05, 3.63) is 23.3 Å². The number of nitrogens with one attached hydrogen (secondary N) is 1. The summed E-state index contributed by atoms with van der Waals surface area (Å²) in [4.78, 5) is 16.1. The van der Waals surface area contributed by atoms with Crippen LogP contribution in [0.15, 0.2) is 23.3 Å². The van der Waals surface area contributed by atoms with Crippen molar-refractivity contribution in [3.63, 3.8) is 0 Å². The van der Waals surface area contributed by atoms with Gasteiger partial charge in [-0.05, 0) is 46.0 Å². The standard InChI is InChI=1S/C18H33NO4/c1-13(2)7-6-8-15(5)9-10-23-19-16(11-14(3)4)17(20)12-18(21)22/h7,9,14,16-17,19-20H,6,8,10-12H2,1-5H3,(H,21,22)/b15-9-/t16-,17-/m0/s1. The molecule has 23 heavy (non-hydrogen) atoms. The van der Waals surface area contributed by atoms with E-state index in [1.807, 2.05) is 19.9 Å². The first-order valence-corrected chi connectivity index (χ1v) is 8.28. The number of aliphatic hydroxyl groups is 1. The van der Waals surface area contributed by atoms with Crippen molar-refractivity contribution in [1.82, 2.24) is 5.48 Å². The molecule has 0 unspecified atom stereocenters. The summed E-state index contributed by atoms with van der Waals surface area (Å²) in [6.07, 6.45) is 5.62. The molecular formula is C18H33NO4. The number of aliphatic hydroxyl groups excluding tert-OH is 1. The predicted molar refractivity (Wildman–Crippen MR) is 93.0 cm³/mol. The molecule has 0 saturated carbocycles. The van der Waals surface area contributed by atoms with E-state index in [2.05, 4.69) is 32.3 Å². The number of carboxylic acids is 1. The highest BCUT2D eigenvalue weighted by atomic mass is 16.6. The molecule has 0 fully saturated rings. The predicted octanol–water partition coefficient (Wildman–Crippen LogP) is 3.45. The first kappa shape index (κ1) is 21.8. The van der Waals surface area contributed by atoms with Gasteiger partial charge in [-0.3, -0.25) is 9.63 Å². The Balaban J connectivity index is 4.24. The van der Waals surface area contributed by atoms with Gasteiger partial charge < -0.3 is 10.2 Å². The monoisotopic (exact) mass is 327 g/mol. The summed E-state index contributed by atoms with van der Waals surface area (Å²) in [5, 5.41) is 18.7. The Hall–Kier alpha value is -1.17. The number of hydrogen-bond acceptors (Lipinski definition) is 4. The number of rotatable bonds is 12. The lowest BCUT2D eigenvalue weighted by Crippen LogP contribution is -2.42. The third-order valence-corrected chi connectivity index (χ3v) is 3.41. The van der Waals surface area contributed by atoms with Crippen LogP contribution in [-0.4, -0.2) is 34.9 Å². The van der Waals surface area contributed by atoms with E-state index in [1.165, 1.54) is 11.1 Å². The van der Waals surface area contributed by atoms with Crippen LogP contribution in [0.3, 0.4) is 0 Å². The summed E-state index contributed by atoms with van der Waals surface area (Å²) in [6.45, 7) is 10.7. The first-order valence-electron chi connectivity index (χ1n) is 8.28. The minimum Gasteiger partial charge on any atom is -0.481 e. The van der Waals surface area contributed by atoms with Crippen molar-refractivity contribution in [2.24, 2.45) is 5.92 Å². The van der Waals surface area contributed by atoms with E-state index in [4.69, 9.17) is 9.94 Å². The Morgan fingerprint density at radius 3 is 2.39 bits per heavy atom. The summed E-state index contributed by atoms with van der Waals surface area (Å²) in [5.41, 5.74) is 5.38. The quantitative estimate of drug-likeness (QED) is 0.291. The SMILES string of the molecule is CC(C)=CCC/C(C)=C\CON[C@@H](CC(C)C)[C@@H](O)CC(=O)O. The molecule has 5 heteroatoms. The van der Waals surface area contributed by atoms with Gasteiger partial charge in [-0.2, -0.15) is 5.48 Å². The molecular weight excluding hydrogens is 294 g/mol. The summed E-state index contributed by atoms with van der Waals surface area (Å²) in [5.74, 6) is -0.677. The summed E-state index contributed by atoms with van der Waals surface area (Å²) >= 11 is 0. The number of carboxylic acid groups (broad SMARTS) is 1. The summed E-state index contributed by atoms with van der Waals surface area (Å²) in [7, 11) is 0. The average Bonchev–Trinajstić information content (AvgIpc) is 2.40. The van der Waals surface area contributed by atoms with Crippen molar-refractivity contribution >= 4 is 5.97 Å². The maximum atomic E-state index is 10.7. The van der Waals surface area contributed by atoms with Gasteiger partial charge in [0.15, 0.2) is 0 Å². The van der Waals surface area contributed by atoms with Gasteiger partial charge in [-0.25, -0.2) is 0 Å². The Morgan fingerprint density at radius 1 is 1.22 bits per heavy atom. The van der Waals surface area contributed by atoms with Gasteiger partial charge in [0, 0.05) is 0 Å². The number of carbonyl (C=O) groups is 1. The number of hydroxylamine groups is 1. The molecule has 0 aromatic carbocycles. The van der Waals surface area contributed by atoms with Crippen LogP contribution in [0.2, 0.25) is 0 Å². The minimum atomic E-state index is -1.01. The van der Waals surface area contributed by atoms with E-state index in [1.54, 1.807) is 0 Å². The Kier molecular flexibility index (Phi) is 11.7. The topological polar surface area (TPSA) is 78.8 Å². The van der Waals surface area contributed by atoms with Crippen LogP contribution in [0.25, 0.3) is 0 Å². The van der Waals surface area contributed by atoms with Crippen LogP contribution in [0.4, 0.5) is 0 Å². The van der Waals surface area contributed by atoms with Gasteiger partial charge in [-0.1, -0.05) is 37.1 Å². The van der Waals surface area contributed by atoms with Gasteiger partial charge in [0.05, 0.1) is 25.2 Å². The fourth-order valence-corrected chi connectivity index (χ4v) is 2.14. The smallest absolute Gasteiger partial charge is 0.306 e. The van der Waals surface area contributed by atoms with Crippen LogP contribution in [0.5, 0.6) is 0 Å². The fourth-order valence-electron chi connectivity index (χ4n) is 2.14. The Labute approximate surface area is 140 Å². The molecule has 0 aromatic rings. The van der Waals surface area contributed by atoms with E-state index >= 15 is 0 Å². The normalized spacial score (nSPS) is 14.7. The second-order valence-corrected chi connectivity index (χ2v) is 6.70. The van der Waals surface area contributed by atoms with Crippen molar-refractivity contribution in [3.8, 4) is 0 Å². The third-order valence-electron chi connectivity index (χ3n) is 3.41. The molecule has 2 atom stereocenters. The maximum Gasteiger partial charge on any atom is 0.306 e. The van der Waals surface area contributed by atoms with Crippen LogP contribution >= 0.6 is 0 Å². The van der Waals surface area contributed by atoms with Crippen molar-refractivity contribution < 1.29 is 19.8 Å². The van der Waals surface area contributed by atoms with Gasteiger partial charge in [0.1, 0.15) is 0 Å². The van der Waals surface area contributed by atoms with Gasteiger partial charge in [0.2, 0.25) is 0 Å². The number of allylic oxidation sites excluding steroid dienone is 3. The second kappa shape index (κ2) is 12.3. The zero-order valence-corrected chi connectivity index (χ0v) is 15.1. The van der Waals surface area contributed by atoms with Crippen LogP contribution in [-0.2, 0) is 9.63 Å². The first-order chi connectivity index (χ1) is 10.7. The Morgan fingerprint density at radius 2 is 1.87 bits per heavy atom. The highest BCUT2D eigenvalue weighted by Crippen LogP contribution is 2.11. The largest absolute Gasteiger partial charge is 0.481 e. The molecule has 0 rings (SSSR count). The van der Waals surface area contributed by atoms with Crippen molar-refractivity contribution in [2.75, 3.05) is 6.61 Å². The zero-order valence-electron chi connectivity index (χ0n) is 15.1. The molecule has 0 spiro atoms. The van der Waals surface area contributed by atoms with Crippen LogP contribution in [0, 0.1) is 5.92 Å². The Bertz CT molecular complexity index is 398. The molecule has 0 aliphatic rings. The minimum absolute atomic E-state index is 0.286. The van der Waals surface area contributed by atoms with Gasteiger partial charge in [-0.15, -0.1) is 0 Å². The summed E-state index contributed by atoms with van der Waals surface area (Å²) < 4.78 is 0. The van der Waals surface area contributed by atoms with Crippen molar-refractivity contribution in [1.29, 1.82) is 0 Å². The highest BCUT2D eigenvalue weighted by molar-refractivity contribution is 5.67. The van der Waals surface area contributed by atoms with Crippen LogP contribution in [0.1, 0.15) is 60.3 Å². The van der Waals surface area contributed by atoms with E-state index < -0.39 is 12.1 Å². The molecule has 0 saturated heterocycles. The van der Waals surface area contributed by atoms with Gasteiger partial charge in [0.25, 0.3) is 0 Å². The molecule has 0 aliphatic heterocycles. The maximum absolute atomic E-state index is 10.7. The fraction of sp³-hybridized carbons (Fsp3) is 0.722. The lowest BCUT2D eigenvalue weighted by molar-refractivity contribution is -0.140. The lowest BCUT2D eigenvalue weighted by Gasteiger charge is -2.24. The average molecular weight is 327 g/mol. The van der Waals surface area contributed by atoms with E-state index in [0.29, 0.717) is 18.9 Å². The van der Waals surface area contributed by atoms with Gasteiger partial charge >= 0.3 is 5.97 Å². The molecule has 3 N–H and O–H groups in total. The number of hydrogen-bond donors (Lipinski definition) is 3. The van der Waals surface area contributed by atoms with Crippen LogP contribution < -0.4 is 5.48 Å². The summed E-state index contributed by atoms with van der Waals surface area (Å²) in [6, 6.07) is -0.384. The molecule has 0 radical (unpaired) electrons. The molecule has 0 amide bonds. The highest BCUT2D eigenvalue weighted by Gasteiger charge is 2.22. The number of aliphatic carboxylic acids is 1. The second-order valence-electron chi connectivity index (χ2n) is 6.70. The lowest BCUT2D eigenvalue weighted by atomic mass is 9.98. The molecule has 0 aromatic heterocycles. The molecule has 134 valence electrons. The zero-order chi connectivity index (χ0) is 17.8.